The molecule has 0 unspecified atom stereocenters. The van der Waals surface area contributed by atoms with Crippen molar-refractivity contribution in [1.82, 2.24) is 5.32 Å². The van der Waals surface area contributed by atoms with Crippen LogP contribution in [0.15, 0.2) is 24.3 Å². The number of hydrogen-bond acceptors (Lipinski definition) is 2. The number of anilines is 1. The predicted molar refractivity (Wildman–Crippen MR) is 73.9 cm³/mol. The average molecular weight is 286 g/mol. The van der Waals surface area contributed by atoms with Gasteiger partial charge in [0.15, 0.2) is 0 Å². The van der Waals surface area contributed by atoms with E-state index in [0.717, 1.165) is 0 Å². The highest BCUT2D eigenvalue weighted by Crippen LogP contribution is 2.21. The average Bonchev–Trinajstić information content (AvgIpc) is 2.36. The Kier molecular flexibility index (Phi) is 6.38. The highest BCUT2D eigenvalue weighted by atomic mass is 19.3. The lowest BCUT2D eigenvalue weighted by molar-refractivity contribution is 0.151. The fourth-order valence-corrected chi connectivity index (χ4v) is 1.86. The fourth-order valence-electron chi connectivity index (χ4n) is 1.86. The molecule has 1 rings (SSSR count). The molecule has 0 aliphatic carbocycles. The Morgan fingerprint density at radius 2 is 2.05 bits per heavy atom. The molecule has 0 saturated heterocycles. The highest BCUT2D eigenvalue weighted by Gasteiger charge is 2.10. The van der Waals surface area contributed by atoms with Crippen molar-refractivity contribution in [2.75, 3.05) is 11.9 Å². The van der Waals surface area contributed by atoms with Crippen LogP contribution in [0.5, 0.6) is 0 Å². The van der Waals surface area contributed by atoms with Crippen LogP contribution < -0.4 is 10.6 Å². The first-order chi connectivity index (χ1) is 9.38. The standard InChI is InChI=1S/C14H20F2N2O2/c1-9(6-10(2)19)8-17-14(20)18-12-5-3-4-11(7-12)13(15)16/h3-5,7,9-10,13,19H,6,8H2,1-2H3,(H2,17,18,20)/t9-,10-/m0/s1. The summed E-state index contributed by atoms with van der Waals surface area (Å²) in [6, 6.07) is 5.11. The van der Waals surface area contributed by atoms with Crippen LogP contribution in [0.4, 0.5) is 19.3 Å². The van der Waals surface area contributed by atoms with E-state index in [-0.39, 0.29) is 11.5 Å². The Bertz CT molecular complexity index is 439. The molecule has 0 aliphatic rings. The van der Waals surface area contributed by atoms with Crippen molar-refractivity contribution in [3.05, 3.63) is 29.8 Å². The number of rotatable bonds is 6. The summed E-state index contributed by atoms with van der Waals surface area (Å²) in [5, 5.41) is 14.3. The van der Waals surface area contributed by atoms with E-state index in [1.807, 2.05) is 6.92 Å². The first kappa shape index (κ1) is 16.4. The molecule has 2 atom stereocenters. The van der Waals surface area contributed by atoms with Crippen molar-refractivity contribution in [3.63, 3.8) is 0 Å². The first-order valence-electron chi connectivity index (χ1n) is 6.49. The smallest absolute Gasteiger partial charge is 0.319 e. The van der Waals surface area contributed by atoms with Gasteiger partial charge in [0.2, 0.25) is 0 Å². The highest BCUT2D eigenvalue weighted by molar-refractivity contribution is 5.89. The molecule has 0 heterocycles. The minimum Gasteiger partial charge on any atom is -0.393 e. The van der Waals surface area contributed by atoms with Crippen LogP contribution in [0.1, 0.15) is 32.3 Å². The maximum Gasteiger partial charge on any atom is 0.319 e. The van der Waals surface area contributed by atoms with Gasteiger partial charge in [0.05, 0.1) is 6.10 Å². The van der Waals surface area contributed by atoms with Gasteiger partial charge in [0, 0.05) is 17.8 Å². The van der Waals surface area contributed by atoms with Gasteiger partial charge >= 0.3 is 6.03 Å². The third kappa shape index (κ3) is 5.97. The summed E-state index contributed by atoms with van der Waals surface area (Å²) in [5.74, 6) is 0.133. The second-order valence-corrected chi connectivity index (χ2v) is 4.95. The first-order valence-corrected chi connectivity index (χ1v) is 6.49. The number of urea groups is 1. The van der Waals surface area contributed by atoms with E-state index in [2.05, 4.69) is 10.6 Å². The number of hydrogen-bond donors (Lipinski definition) is 3. The van der Waals surface area contributed by atoms with Crippen LogP contribution in [0.25, 0.3) is 0 Å². The zero-order valence-electron chi connectivity index (χ0n) is 11.6. The Morgan fingerprint density at radius 3 is 2.65 bits per heavy atom. The van der Waals surface area contributed by atoms with Crippen molar-refractivity contribution in [2.24, 2.45) is 5.92 Å². The van der Waals surface area contributed by atoms with Crippen LogP contribution in [-0.4, -0.2) is 23.8 Å². The van der Waals surface area contributed by atoms with E-state index in [0.29, 0.717) is 18.7 Å². The van der Waals surface area contributed by atoms with Crippen molar-refractivity contribution in [3.8, 4) is 0 Å². The molecule has 1 aromatic rings. The van der Waals surface area contributed by atoms with Gasteiger partial charge in [-0.25, -0.2) is 13.6 Å². The van der Waals surface area contributed by atoms with Gasteiger partial charge in [0.1, 0.15) is 0 Å². The molecule has 20 heavy (non-hydrogen) atoms. The van der Waals surface area contributed by atoms with Crippen LogP contribution in [0, 0.1) is 5.92 Å². The number of benzene rings is 1. The molecule has 0 bridgehead atoms. The summed E-state index contributed by atoms with van der Waals surface area (Å²) in [6.45, 7) is 4.00. The second kappa shape index (κ2) is 7.79. The van der Waals surface area contributed by atoms with E-state index < -0.39 is 18.6 Å². The van der Waals surface area contributed by atoms with Gasteiger partial charge in [-0.15, -0.1) is 0 Å². The monoisotopic (exact) mass is 286 g/mol. The number of amides is 2. The molecule has 1 aromatic carbocycles. The van der Waals surface area contributed by atoms with Crippen molar-refractivity contribution >= 4 is 11.7 Å². The quantitative estimate of drug-likeness (QED) is 0.752. The van der Waals surface area contributed by atoms with E-state index in [1.165, 1.54) is 18.2 Å². The molecule has 0 aromatic heterocycles. The van der Waals surface area contributed by atoms with Crippen LogP contribution >= 0.6 is 0 Å². The molecule has 0 saturated carbocycles. The summed E-state index contributed by atoms with van der Waals surface area (Å²) in [7, 11) is 0. The van der Waals surface area contributed by atoms with Gasteiger partial charge in [-0.2, -0.15) is 0 Å². The lowest BCUT2D eigenvalue weighted by Crippen LogP contribution is -2.33. The Balaban J connectivity index is 2.44. The molecule has 0 aliphatic heterocycles. The summed E-state index contributed by atoms with van der Waals surface area (Å²) < 4.78 is 25.0. The van der Waals surface area contributed by atoms with E-state index >= 15 is 0 Å². The molecular formula is C14H20F2N2O2. The molecular weight excluding hydrogens is 266 g/mol. The van der Waals surface area contributed by atoms with Gasteiger partial charge in [-0.3, -0.25) is 0 Å². The third-order valence-electron chi connectivity index (χ3n) is 2.75. The van der Waals surface area contributed by atoms with E-state index in [9.17, 15) is 18.7 Å². The van der Waals surface area contributed by atoms with Crippen molar-refractivity contribution in [1.29, 1.82) is 0 Å². The lowest BCUT2D eigenvalue weighted by atomic mass is 10.1. The molecule has 2 amide bonds. The topological polar surface area (TPSA) is 61.4 Å². The number of alkyl halides is 2. The number of carbonyl (C=O) groups excluding carboxylic acids is 1. The summed E-state index contributed by atoms with van der Waals surface area (Å²) in [4.78, 5) is 11.6. The van der Waals surface area contributed by atoms with Gasteiger partial charge in [-0.1, -0.05) is 19.1 Å². The molecule has 4 nitrogen and oxygen atoms in total. The van der Waals surface area contributed by atoms with E-state index in [4.69, 9.17) is 0 Å². The van der Waals surface area contributed by atoms with Gasteiger partial charge < -0.3 is 15.7 Å². The van der Waals surface area contributed by atoms with Crippen LogP contribution in [-0.2, 0) is 0 Å². The van der Waals surface area contributed by atoms with Crippen LogP contribution in [0.3, 0.4) is 0 Å². The molecule has 112 valence electrons. The maximum atomic E-state index is 12.5. The third-order valence-corrected chi connectivity index (χ3v) is 2.75. The van der Waals surface area contributed by atoms with Crippen molar-refractivity contribution in [2.45, 2.75) is 32.8 Å². The maximum absolute atomic E-state index is 12.5. The number of aliphatic hydroxyl groups excluding tert-OH is 1. The lowest BCUT2D eigenvalue weighted by Gasteiger charge is -2.14. The Hall–Kier alpha value is -1.69. The normalized spacial score (nSPS) is 13.9. The van der Waals surface area contributed by atoms with Crippen molar-refractivity contribution < 1.29 is 18.7 Å². The molecule has 0 fully saturated rings. The molecule has 3 N–H and O–H groups in total. The number of aliphatic hydroxyl groups is 1. The SMILES string of the molecule is C[C@H](CNC(=O)Nc1cccc(C(F)F)c1)C[C@H](C)O. The predicted octanol–water partition coefficient (Wildman–Crippen LogP) is 3.15. The summed E-state index contributed by atoms with van der Waals surface area (Å²) in [5.41, 5.74) is 0.189. The number of carbonyl (C=O) groups is 1. The number of halogens is 2. The van der Waals surface area contributed by atoms with E-state index in [1.54, 1.807) is 13.0 Å². The van der Waals surface area contributed by atoms with Crippen LogP contribution in [0.2, 0.25) is 0 Å². The Labute approximate surface area is 117 Å². The summed E-state index contributed by atoms with van der Waals surface area (Å²) in [6.07, 6.45) is -2.40. The zero-order chi connectivity index (χ0) is 15.1. The second-order valence-electron chi connectivity index (χ2n) is 4.95. The molecule has 0 spiro atoms. The fraction of sp³-hybridized carbons (Fsp3) is 0.500. The molecule has 6 heteroatoms. The van der Waals surface area contributed by atoms with Gasteiger partial charge in [-0.05, 0) is 31.4 Å². The largest absolute Gasteiger partial charge is 0.393 e. The van der Waals surface area contributed by atoms with Gasteiger partial charge in [0.25, 0.3) is 6.43 Å². The minimum atomic E-state index is -2.56. The summed E-state index contributed by atoms with van der Waals surface area (Å²) >= 11 is 0. The number of nitrogens with one attached hydrogen (secondary N) is 2. The Morgan fingerprint density at radius 1 is 1.35 bits per heavy atom. The minimum absolute atomic E-state index is 0.133. The zero-order valence-corrected chi connectivity index (χ0v) is 11.6. The molecule has 0 radical (unpaired) electrons.